The zero-order valence-electron chi connectivity index (χ0n) is 13.5. The SMILES string of the molecule is CC(C)C1NNCC1C(=O)NCC(O)(c1ccccc1)C(F)(F)F. The van der Waals surface area contributed by atoms with E-state index in [0.29, 0.717) is 6.54 Å². The van der Waals surface area contributed by atoms with Gasteiger partial charge in [0.1, 0.15) is 0 Å². The summed E-state index contributed by atoms with van der Waals surface area (Å²) in [5, 5.41) is 12.5. The molecule has 1 fully saturated rings. The molecule has 2 rings (SSSR count). The molecule has 3 atom stereocenters. The number of nitrogens with one attached hydrogen (secondary N) is 3. The third-order valence-corrected chi connectivity index (χ3v) is 4.32. The Morgan fingerprint density at radius 2 is 1.96 bits per heavy atom. The lowest BCUT2D eigenvalue weighted by molar-refractivity contribution is -0.264. The van der Waals surface area contributed by atoms with Crippen molar-refractivity contribution < 1.29 is 23.1 Å². The van der Waals surface area contributed by atoms with Gasteiger partial charge in [0.25, 0.3) is 0 Å². The largest absolute Gasteiger partial charge is 0.423 e. The Kier molecular flexibility index (Phi) is 5.52. The van der Waals surface area contributed by atoms with E-state index < -0.39 is 30.1 Å². The second-order valence-electron chi connectivity index (χ2n) is 6.34. The van der Waals surface area contributed by atoms with Gasteiger partial charge in [0, 0.05) is 12.6 Å². The summed E-state index contributed by atoms with van der Waals surface area (Å²) in [4.78, 5) is 12.3. The first kappa shape index (κ1) is 18.7. The molecule has 1 aliphatic heterocycles. The van der Waals surface area contributed by atoms with E-state index in [1.807, 2.05) is 13.8 Å². The molecular weight excluding hydrogens is 323 g/mol. The lowest BCUT2D eigenvalue weighted by atomic mass is 9.90. The molecule has 1 amide bonds. The fourth-order valence-electron chi connectivity index (χ4n) is 2.83. The molecule has 0 saturated carbocycles. The van der Waals surface area contributed by atoms with Gasteiger partial charge in [-0.3, -0.25) is 15.6 Å². The Balaban J connectivity index is 2.13. The zero-order chi connectivity index (χ0) is 18.0. The molecular formula is C16H22F3N3O2. The number of hydrogen-bond acceptors (Lipinski definition) is 4. The molecule has 24 heavy (non-hydrogen) atoms. The number of carbonyl (C=O) groups is 1. The quantitative estimate of drug-likeness (QED) is 0.649. The summed E-state index contributed by atoms with van der Waals surface area (Å²) >= 11 is 0. The molecule has 0 radical (unpaired) electrons. The maximum Gasteiger partial charge on any atom is 0.423 e. The fourth-order valence-corrected chi connectivity index (χ4v) is 2.83. The highest BCUT2D eigenvalue weighted by Gasteiger charge is 2.55. The summed E-state index contributed by atoms with van der Waals surface area (Å²) in [6.07, 6.45) is -4.91. The van der Waals surface area contributed by atoms with Crippen LogP contribution in [0.25, 0.3) is 0 Å². The Morgan fingerprint density at radius 1 is 1.33 bits per heavy atom. The molecule has 8 heteroatoms. The van der Waals surface area contributed by atoms with Crippen molar-refractivity contribution >= 4 is 5.91 Å². The van der Waals surface area contributed by atoms with Crippen LogP contribution in [0.1, 0.15) is 19.4 Å². The molecule has 5 nitrogen and oxygen atoms in total. The molecule has 0 aliphatic carbocycles. The lowest BCUT2D eigenvalue weighted by Crippen LogP contribution is -2.53. The van der Waals surface area contributed by atoms with E-state index in [9.17, 15) is 23.1 Å². The van der Waals surface area contributed by atoms with Crippen molar-refractivity contribution in [3.8, 4) is 0 Å². The van der Waals surface area contributed by atoms with E-state index in [1.54, 1.807) is 6.07 Å². The van der Waals surface area contributed by atoms with Gasteiger partial charge in [-0.25, -0.2) is 0 Å². The van der Waals surface area contributed by atoms with Gasteiger partial charge in [0.05, 0.1) is 12.5 Å². The van der Waals surface area contributed by atoms with Crippen molar-refractivity contribution in [1.82, 2.24) is 16.2 Å². The Morgan fingerprint density at radius 3 is 2.50 bits per heavy atom. The maximum atomic E-state index is 13.4. The highest BCUT2D eigenvalue weighted by molar-refractivity contribution is 5.80. The second kappa shape index (κ2) is 7.08. The molecule has 1 heterocycles. The number of carbonyl (C=O) groups excluding carboxylic acids is 1. The number of rotatable bonds is 5. The molecule has 3 unspecified atom stereocenters. The number of benzene rings is 1. The monoisotopic (exact) mass is 345 g/mol. The van der Waals surface area contributed by atoms with Crippen molar-refractivity contribution in [2.45, 2.75) is 31.7 Å². The highest BCUT2D eigenvalue weighted by Crippen LogP contribution is 2.38. The van der Waals surface area contributed by atoms with Gasteiger partial charge in [-0.15, -0.1) is 0 Å². The van der Waals surface area contributed by atoms with Gasteiger partial charge in [-0.05, 0) is 11.5 Å². The predicted octanol–water partition coefficient (Wildman–Crippen LogP) is 1.30. The summed E-state index contributed by atoms with van der Waals surface area (Å²) in [6.45, 7) is 3.23. The van der Waals surface area contributed by atoms with Gasteiger partial charge >= 0.3 is 6.18 Å². The normalized spacial score (nSPS) is 24.0. The average Bonchev–Trinajstić information content (AvgIpc) is 3.02. The van der Waals surface area contributed by atoms with Gasteiger partial charge < -0.3 is 10.4 Å². The molecule has 4 N–H and O–H groups in total. The number of halogens is 3. The van der Waals surface area contributed by atoms with Crippen LogP contribution < -0.4 is 16.2 Å². The molecule has 0 spiro atoms. The third-order valence-electron chi connectivity index (χ3n) is 4.32. The van der Waals surface area contributed by atoms with E-state index in [1.165, 1.54) is 24.3 Å². The molecule has 1 saturated heterocycles. The van der Waals surface area contributed by atoms with E-state index in [0.717, 1.165) is 0 Å². The molecule has 0 bridgehead atoms. The van der Waals surface area contributed by atoms with Gasteiger partial charge in [0.15, 0.2) is 0 Å². The zero-order valence-corrected chi connectivity index (χ0v) is 13.5. The number of amides is 1. The number of alkyl halides is 3. The lowest BCUT2D eigenvalue weighted by Gasteiger charge is -2.32. The number of hydrazine groups is 1. The van der Waals surface area contributed by atoms with E-state index in [-0.39, 0.29) is 17.5 Å². The summed E-state index contributed by atoms with van der Waals surface area (Å²) in [7, 11) is 0. The molecule has 0 aromatic heterocycles. The second-order valence-corrected chi connectivity index (χ2v) is 6.34. The van der Waals surface area contributed by atoms with Gasteiger partial charge in [-0.1, -0.05) is 44.2 Å². The van der Waals surface area contributed by atoms with Crippen LogP contribution in [0.2, 0.25) is 0 Å². The van der Waals surface area contributed by atoms with Crippen molar-refractivity contribution in [2.24, 2.45) is 11.8 Å². The smallest absolute Gasteiger partial charge is 0.375 e. The first-order valence-corrected chi connectivity index (χ1v) is 7.77. The summed E-state index contributed by atoms with van der Waals surface area (Å²) in [6, 6.07) is 6.58. The first-order valence-electron chi connectivity index (χ1n) is 7.77. The Bertz CT molecular complexity index is 565. The molecule has 134 valence electrons. The highest BCUT2D eigenvalue weighted by atomic mass is 19.4. The van der Waals surface area contributed by atoms with Crippen LogP contribution in [-0.4, -0.2) is 36.3 Å². The Hall–Kier alpha value is -1.64. The van der Waals surface area contributed by atoms with E-state index in [2.05, 4.69) is 16.2 Å². The predicted molar refractivity (Wildman–Crippen MR) is 82.7 cm³/mol. The average molecular weight is 345 g/mol. The first-order chi connectivity index (χ1) is 11.2. The van der Waals surface area contributed by atoms with Crippen LogP contribution in [0, 0.1) is 11.8 Å². The van der Waals surface area contributed by atoms with Crippen LogP contribution in [0.3, 0.4) is 0 Å². The molecule has 1 aromatic carbocycles. The summed E-state index contributed by atoms with van der Waals surface area (Å²) in [5.74, 6) is -0.894. The standard InChI is InChI=1S/C16H22F3N3O2/c1-10(2)13-12(8-21-22-13)14(23)20-9-15(24,16(17,18)19)11-6-4-3-5-7-11/h3-7,10,12-13,21-22,24H,8-9H2,1-2H3,(H,20,23). The van der Waals surface area contributed by atoms with E-state index in [4.69, 9.17) is 0 Å². The van der Waals surface area contributed by atoms with Crippen molar-refractivity contribution in [3.05, 3.63) is 35.9 Å². The van der Waals surface area contributed by atoms with Gasteiger partial charge in [-0.2, -0.15) is 13.2 Å². The van der Waals surface area contributed by atoms with Gasteiger partial charge in [0.2, 0.25) is 11.5 Å². The van der Waals surface area contributed by atoms with Crippen molar-refractivity contribution in [2.75, 3.05) is 13.1 Å². The van der Waals surface area contributed by atoms with Crippen LogP contribution >= 0.6 is 0 Å². The van der Waals surface area contributed by atoms with Crippen LogP contribution in [-0.2, 0) is 10.4 Å². The number of hydrogen-bond donors (Lipinski definition) is 4. The third kappa shape index (κ3) is 3.71. The molecule has 1 aromatic rings. The fraction of sp³-hybridized carbons (Fsp3) is 0.562. The maximum absolute atomic E-state index is 13.4. The summed E-state index contributed by atoms with van der Waals surface area (Å²) in [5.41, 5.74) is 2.37. The van der Waals surface area contributed by atoms with Crippen LogP contribution in [0.4, 0.5) is 13.2 Å². The van der Waals surface area contributed by atoms with E-state index >= 15 is 0 Å². The minimum atomic E-state index is -4.91. The topological polar surface area (TPSA) is 73.4 Å². The minimum absolute atomic E-state index is 0.131. The van der Waals surface area contributed by atoms with Crippen molar-refractivity contribution in [3.63, 3.8) is 0 Å². The summed E-state index contributed by atoms with van der Waals surface area (Å²) < 4.78 is 40.2. The Labute approximate surface area is 138 Å². The molecule has 1 aliphatic rings. The number of aliphatic hydroxyl groups is 1. The van der Waals surface area contributed by atoms with Crippen LogP contribution in [0.15, 0.2) is 30.3 Å². The minimum Gasteiger partial charge on any atom is -0.375 e. The van der Waals surface area contributed by atoms with Crippen molar-refractivity contribution in [1.29, 1.82) is 0 Å². The van der Waals surface area contributed by atoms with Crippen LogP contribution in [0.5, 0.6) is 0 Å².